The fourth-order valence-corrected chi connectivity index (χ4v) is 7.43. The highest BCUT2D eigenvalue weighted by atomic mass is 16.5. The molecule has 4 saturated carbocycles. The van der Waals surface area contributed by atoms with Crippen molar-refractivity contribution < 1.29 is 9.84 Å². The fraction of sp³-hybridized carbons (Fsp3) is 0.769. The Kier molecular flexibility index (Phi) is 6.47. The van der Waals surface area contributed by atoms with Gasteiger partial charge in [-0.2, -0.15) is 0 Å². The van der Waals surface area contributed by atoms with Crippen LogP contribution in [0.5, 0.6) is 0 Å². The maximum Gasteiger partial charge on any atom is 0.0900 e. The molecule has 1 aromatic rings. The number of benzene rings is 1. The Bertz CT molecular complexity index is 636. The van der Waals surface area contributed by atoms with Crippen LogP contribution >= 0.6 is 0 Å². The van der Waals surface area contributed by atoms with E-state index in [0.717, 1.165) is 63.6 Å². The molecule has 6 rings (SSSR count). The van der Waals surface area contributed by atoms with E-state index in [4.69, 9.17) is 4.74 Å². The van der Waals surface area contributed by atoms with E-state index in [-0.39, 0.29) is 6.10 Å². The van der Waals surface area contributed by atoms with Crippen molar-refractivity contribution in [1.29, 1.82) is 0 Å². The second kappa shape index (κ2) is 9.28. The van der Waals surface area contributed by atoms with Gasteiger partial charge in [-0.25, -0.2) is 0 Å². The van der Waals surface area contributed by atoms with Crippen molar-refractivity contribution in [2.24, 2.45) is 23.2 Å². The van der Waals surface area contributed by atoms with E-state index in [1.165, 1.54) is 50.5 Å². The van der Waals surface area contributed by atoms with Crippen LogP contribution in [0.2, 0.25) is 0 Å². The standard InChI is InChI=1S/C26H40N2O2/c29-25(19-28-9-7-27(8-10-28)18-21-4-2-1-3-5-21)20-30-11-6-26-15-22-12-23(16-26)14-24(13-22)17-26/h1-5,22-25,29H,6-20H2/t22?,23?,24?,25-,26?/m0/s1. The minimum absolute atomic E-state index is 0.359. The summed E-state index contributed by atoms with van der Waals surface area (Å²) in [4.78, 5) is 4.91. The molecular weight excluding hydrogens is 372 g/mol. The Labute approximate surface area is 182 Å². The molecule has 1 N–H and O–H groups in total. The highest BCUT2D eigenvalue weighted by Crippen LogP contribution is 2.61. The van der Waals surface area contributed by atoms with Crippen LogP contribution in [-0.2, 0) is 11.3 Å². The van der Waals surface area contributed by atoms with Crippen molar-refractivity contribution in [3.8, 4) is 0 Å². The van der Waals surface area contributed by atoms with Crippen LogP contribution in [-0.4, -0.2) is 66.9 Å². The molecule has 5 fully saturated rings. The van der Waals surface area contributed by atoms with Crippen molar-refractivity contribution in [1.82, 2.24) is 9.80 Å². The number of aliphatic hydroxyl groups excluding tert-OH is 1. The summed E-state index contributed by atoms with van der Waals surface area (Å²) in [5, 5.41) is 10.5. The minimum atomic E-state index is -0.359. The van der Waals surface area contributed by atoms with Gasteiger partial charge in [0.15, 0.2) is 0 Å². The van der Waals surface area contributed by atoms with Crippen molar-refractivity contribution in [3.05, 3.63) is 35.9 Å². The normalized spacial score (nSPS) is 35.0. The van der Waals surface area contributed by atoms with Crippen LogP contribution in [0.1, 0.15) is 50.5 Å². The average Bonchev–Trinajstić information content (AvgIpc) is 2.73. The highest BCUT2D eigenvalue weighted by molar-refractivity contribution is 5.14. The molecule has 0 amide bonds. The van der Waals surface area contributed by atoms with E-state index in [0.29, 0.717) is 12.0 Å². The lowest BCUT2D eigenvalue weighted by Crippen LogP contribution is -2.48. The molecule has 0 aromatic heterocycles. The summed E-state index contributed by atoms with van der Waals surface area (Å²) in [5.74, 6) is 3.05. The molecule has 1 aromatic carbocycles. The highest BCUT2D eigenvalue weighted by Gasteiger charge is 2.50. The maximum absolute atomic E-state index is 10.5. The van der Waals surface area contributed by atoms with Crippen LogP contribution in [0.3, 0.4) is 0 Å². The van der Waals surface area contributed by atoms with E-state index >= 15 is 0 Å². The Morgan fingerprint density at radius 1 is 0.900 bits per heavy atom. The third-order valence-electron chi connectivity index (χ3n) is 8.43. The van der Waals surface area contributed by atoms with E-state index in [1.54, 1.807) is 0 Å². The smallest absolute Gasteiger partial charge is 0.0900 e. The molecule has 4 nitrogen and oxygen atoms in total. The van der Waals surface area contributed by atoms with E-state index in [2.05, 4.69) is 40.1 Å². The van der Waals surface area contributed by atoms with Gasteiger partial charge in [0.2, 0.25) is 0 Å². The Morgan fingerprint density at radius 3 is 2.13 bits per heavy atom. The Balaban J connectivity index is 0.972. The number of aliphatic hydroxyl groups is 1. The second-order valence-electron chi connectivity index (χ2n) is 11.0. The van der Waals surface area contributed by atoms with Crippen LogP contribution in [0.15, 0.2) is 30.3 Å². The van der Waals surface area contributed by atoms with Gasteiger partial charge in [0.25, 0.3) is 0 Å². The molecule has 1 saturated heterocycles. The third-order valence-corrected chi connectivity index (χ3v) is 8.43. The van der Waals surface area contributed by atoms with Gasteiger partial charge < -0.3 is 9.84 Å². The number of hydrogen-bond donors (Lipinski definition) is 1. The topological polar surface area (TPSA) is 35.9 Å². The maximum atomic E-state index is 10.5. The molecule has 0 unspecified atom stereocenters. The zero-order chi connectivity index (χ0) is 20.4. The molecule has 0 radical (unpaired) electrons. The number of β-amino-alcohol motifs (C(OH)–C–C–N with tert-alkyl or cyclic N) is 1. The van der Waals surface area contributed by atoms with Gasteiger partial charge in [-0.15, -0.1) is 0 Å². The first-order chi connectivity index (χ1) is 14.7. The lowest BCUT2D eigenvalue weighted by Gasteiger charge is -2.57. The molecule has 5 aliphatic rings. The van der Waals surface area contributed by atoms with Crippen LogP contribution in [0.4, 0.5) is 0 Å². The predicted octanol–water partition coefficient (Wildman–Crippen LogP) is 3.79. The first-order valence-electron chi connectivity index (χ1n) is 12.4. The zero-order valence-corrected chi connectivity index (χ0v) is 18.6. The van der Waals surface area contributed by atoms with Crippen molar-refractivity contribution in [3.63, 3.8) is 0 Å². The number of rotatable bonds is 9. The lowest BCUT2D eigenvalue weighted by molar-refractivity contribution is -0.0744. The monoisotopic (exact) mass is 412 g/mol. The quantitative estimate of drug-likeness (QED) is 0.626. The molecule has 4 heteroatoms. The molecule has 1 aliphatic heterocycles. The van der Waals surface area contributed by atoms with E-state index in [1.807, 2.05) is 0 Å². The molecule has 166 valence electrons. The molecular formula is C26H40N2O2. The largest absolute Gasteiger partial charge is 0.389 e. The predicted molar refractivity (Wildman–Crippen MR) is 120 cm³/mol. The SMILES string of the molecule is O[C@H](COCCC12CC3CC(CC(C3)C1)C2)CN1CCN(Cc2ccccc2)CC1. The molecule has 4 aliphatic carbocycles. The zero-order valence-electron chi connectivity index (χ0n) is 18.6. The first kappa shape index (κ1) is 20.9. The van der Waals surface area contributed by atoms with Crippen molar-refractivity contribution in [2.75, 3.05) is 45.9 Å². The Hall–Kier alpha value is -0.940. The van der Waals surface area contributed by atoms with Gasteiger partial charge >= 0.3 is 0 Å². The molecule has 0 spiro atoms. The minimum Gasteiger partial charge on any atom is -0.389 e. The van der Waals surface area contributed by atoms with Gasteiger partial charge in [-0.05, 0) is 73.7 Å². The fourth-order valence-electron chi connectivity index (χ4n) is 7.43. The van der Waals surface area contributed by atoms with Crippen LogP contribution in [0, 0.1) is 23.2 Å². The summed E-state index contributed by atoms with van der Waals surface area (Å²) >= 11 is 0. The molecule has 1 atom stereocenters. The average molecular weight is 413 g/mol. The summed E-state index contributed by atoms with van der Waals surface area (Å²) in [5.41, 5.74) is 1.98. The van der Waals surface area contributed by atoms with Crippen molar-refractivity contribution in [2.45, 2.75) is 57.6 Å². The van der Waals surface area contributed by atoms with E-state index in [9.17, 15) is 5.11 Å². The number of hydrogen-bond acceptors (Lipinski definition) is 4. The van der Waals surface area contributed by atoms with Gasteiger partial charge in [0, 0.05) is 45.9 Å². The molecule has 1 heterocycles. The number of piperazine rings is 1. The van der Waals surface area contributed by atoms with Gasteiger partial charge in [-0.3, -0.25) is 9.80 Å². The summed E-state index contributed by atoms with van der Waals surface area (Å²) in [6.07, 6.45) is 9.77. The van der Waals surface area contributed by atoms with Gasteiger partial charge in [-0.1, -0.05) is 30.3 Å². The number of ether oxygens (including phenoxy) is 1. The van der Waals surface area contributed by atoms with Gasteiger partial charge in [0.1, 0.15) is 0 Å². The van der Waals surface area contributed by atoms with Crippen LogP contribution in [0.25, 0.3) is 0 Å². The Morgan fingerprint density at radius 2 is 1.50 bits per heavy atom. The summed E-state index contributed by atoms with van der Waals surface area (Å²) in [6.45, 7) is 7.35. The number of nitrogens with zero attached hydrogens (tertiary/aromatic N) is 2. The first-order valence-corrected chi connectivity index (χ1v) is 12.4. The van der Waals surface area contributed by atoms with Crippen LogP contribution < -0.4 is 0 Å². The van der Waals surface area contributed by atoms with Crippen molar-refractivity contribution >= 4 is 0 Å². The van der Waals surface area contributed by atoms with E-state index < -0.39 is 0 Å². The lowest BCUT2D eigenvalue weighted by atomic mass is 9.49. The summed E-state index contributed by atoms with van der Waals surface area (Å²) in [7, 11) is 0. The molecule has 4 bridgehead atoms. The molecule has 30 heavy (non-hydrogen) atoms. The third kappa shape index (κ3) is 5.09. The summed E-state index contributed by atoms with van der Waals surface area (Å²) < 4.78 is 5.99. The second-order valence-corrected chi connectivity index (χ2v) is 11.0. The van der Waals surface area contributed by atoms with Gasteiger partial charge in [0.05, 0.1) is 12.7 Å². The summed E-state index contributed by atoms with van der Waals surface area (Å²) in [6, 6.07) is 10.7.